The maximum atomic E-state index is 11.1. The Labute approximate surface area is 114 Å². The minimum Gasteiger partial charge on any atom is -0.477 e. The zero-order valence-electron chi connectivity index (χ0n) is 10.7. The standard InChI is InChI=1S/C13H12N2O3S/c1-5-13(3,4)18-10-8-7(2)9(12(16)17)19-11(8)15-6-14-10/h1,6H,2-4H3,(H,16,17). The lowest BCUT2D eigenvalue weighted by molar-refractivity contribution is 0.0701. The molecule has 2 heterocycles. The molecule has 2 aromatic heterocycles. The van der Waals surface area contributed by atoms with Gasteiger partial charge in [-0.15, -0.1) is 17.8 Å². The Morgan fingerprint density at radius 3 is 2.79 bits per heavy atom. The molecule has 5 nitrogen and oxygen atoms in total. The molecule has 0 aliphatic carbocycles. The largest absolute Gasteiger partial charge is 0.477 e. The van der Waals surface area contributed by atoms with Gasteiger partial charge in [0.2, 0.25) is 5.88 Å². The van der Waals surface area contributed by atoms with E-state index in [0.717, 1.165) is 11.3 Å². The van der Waals surface area contributed by atoms with Gasteiger partial charge in [-0.1, -0.05) is 5.92 Å². The van der Waals surface area contributed by atoms with Gasteiger partial charge in [0, 0.05) is 0 Å². The van der Waals surface area contributed by atoms with Crippen LogP contribution in [0.15, 0.2) is 6.33 Å². The quantitative estimate of drug-likeness (QED) is 0.872. The molecular weight excluding hydrogens is 264 g/mol. The van der Waals surface area contributed by atoms with Gasteiger partial charge in [0.1, 0.15) is 16.0 Å². The number of hydrogen-bond donors (Lipinski definition) is 1. The van der Waals surface area contributed by atoms with E-state index in [2.05, 4.69) is 15.9 Å². The van der Waals surface area contributed by atoms with Crippen molar-refractivity contribution in [3.63, 3.8) is 0 Å². The fraction of sp³-hybridized carbons (Fsp3) is 0.308. The van der Waals surface area contributed by atoms with Gasteiger partial charge in [-0.25, -0.2) is 14.8 Å². The summed E-state index contributed by atoms with van der Waals surface area (Å²) in [5.74, 6) is 1.84. The zero-order valence-corrected chi connectivity index (χ0v) is 11.5. The number of aromatic carboxylic acids is 1. The van der Waals surface area contributed by atoms with Crippen LogP contribution in [-0.2, 0) is 0 Å². The van der Waals surface area contributed by atoms with Gasteiger partial charge in [-0.05, 0) is 26.3 Å². The second kappa shape index (κ2) is 4.52. The average molecular weight is 276 g/mol. The van der Waals surface area contributed by atoms with Gasteiger partial charge in [-0.2, -0.15) is 0 Å². The zero-order chi connectivity index (χ0) is 14.2. The normalized spacial score (nSPS) is 11.3. The van der Waals surface area contributed by atoms with Crippen LogP contribution in [0.4, 0.5) is 0 Å². The Bertz CT molecular complexity index is 698. The lowest BCUT2D eigenvalue weighted by Gasteiger charge is -2.19. The highest BCUT2D eigenvalue weighted by molar-refractivity contribution is 7.20. The SMILES string of the molecule is C#CC(C)(C)Oc1ncnc2sc(C(=O)O)c(C)c12. The molecule has 0 bridgehead atoms. The molecule has 0 saturated carbocycles. The molecule has 0 fully saturated rings. The van der Waals surface area contributed by atoms with E-state index < -0.39 is 11.6 Å². The number of aryl methyl sites for hydroxylation is 1. The third-order valence-electron chi connectivity index (χ3n) is 2.59. The maximum absolute atomic E-state index is 11.1. The van der Waals surface area contributed by atoms with E-state index in [4.69, 9.17) is 16.3 Å². The van der Waals surface area contributed by atoms with Gasteiger partial charge >= 0.3 is 5.97 Å². The minimum absolute atomic E-state index is 0.235. The van der Waals surface area contributed by atoms with Crippen LogP contribution in [0.3, 0.4) is 0 Å². The molecule has 2 aromatic rings. The molecule has 19 heavy (non-hydrogen) atoms. The molecule has 2 rings (SSSR count). The number of rotatable bonds is 3. The van der Waals surface area contributed by atoms with Crippen molar-refractivity contribution in [1.82, 2.24) is 9.97 Å². The summed E-state index contributed by atoms with van der Waals surface area (Å²) in [7, 11) is 0. The number of thiophene rings is 1. The summed E-state index contributed by atoms with van der Waals surface area (Å²) in [5, 5.41) is 9.73. The molecule has 6 heteroatoms. The Morgan fingerprint density at radius 1 is 1.53 bits per heavy atom. The smallest absolute Gasteiger partial charge is 0.346 e. The van der Waals surface area contributed by atoms with E-state index in [-0.39, 0.29) is 4.88 Å². The number of aromatic nitrogens is 2. The summed E-state index contributed by atoms with van der Waals surface area (Å²) in [6.07, 6.45) is 6.72. The first kappa shape index (κ1) is 13.3. The van der Waals surface area contributed by atoms with Crippen LogP contribution in [0, 0.1) is 19.3 Å². The molecule has 0 amide bonds. The van der Waals surface area contributed by atoms with Crippen LogP contribution < -0.4 is 4.74 Å². The van der Waals surface area contributed by atoms with Crippen LogP contribution in [-0.4, -0.2) is 26.6 Å². The number of carboxylic acid groups (broad SMARTS) is 1. The molecular formula is C13H12N2O3S. The van der Waals surface area contributed by atoms with Crippen LogP contribution in [0.25, 0.3) is 10.2 Å². The summed E-state index contributed by atoms with van der Waals surface area (Å²) < 4.78 is 5.66. The van der Waals surface area contributed by atoms with Crippen LogP contribution in [0.5, 0.6) is 5.88 Å². The van der Waals surface area contributed by atoms with Gasteiger partial charge in [0.15, 0.2) is 5.60 Å². The van der Waals surface area contributed by atoms with Crippen LogP contribution in [0.1, 0.15) is 29.1 Å². The molecule has 0 aliphatic heterocycles. The number of ether oxygens (including phenoxy) is 1. The molecule has 0 unspecified atom stereocenters. The second-order valence-corrected chi connectivity index (χ2v) is 5.48. The molecule has 98 valence electrons. The van der Waals surface area contributed by atoms with Crippen molar-refractivity contribution in [2.75, 3.05) is 0 Å². The van der Waals surface area contributed by atoms with Crippen molar-refractivity contribution >= 4 is 27.5 Å². The van der Waals surface area contributed by atoms with Crippen molar-refractivity contribution in [2.24, 2.45) is 0 Å². The van der Waals surface area contributed by atoms with E-state index in [9.17, 15) is 4.79 Å². The first-order valence-corrected chi connectivity index (χ1v) is 6.31. The third kappa shape index (κ3) is 2.37. The van der Waals surface area contributed by atoms with E-state index in [1.54, 1.807) is 20.8 Å². The van der Waals surface area contributed by atoms with Crippen LogP contribution >= 0.6 is 11.3 Å². The first-order chi connectivity index (χ1) is 8.85. The Hall–Kier alpha value is -2.13. The topological polar surface area (TPSA) is 72.3 Å². The predicted molar refractivity (Wildman–Crippen MR) is 72.7 cm³/mol. The summed E-state index contributed by atoms with van der Waals surface area (Å²) in [5.41, 5.74) is -0.227. The van der Waals surface area contributed by atoms with Crippen molar-refractivity contribution < 1.29 is 14.6 Å². The highest BCUT2D eigenvalue weighted by atomic mass is 32.1. The van der Waals surface area contributed by atoms with Gasteiger partial charge in [0.05, 0.1) is 5.39 Å². The Morgan fingerprint density at radius 2 is 2.21 bits per heavy atom. The van der Waals surface area contributed by atoms with Crippen molar-refractivity contribution in [3.05, 3.63) is 16.8 Å². The molecule has 0 aromatic carbocycles. The van der Waals surface area contributed by atoms with Gasteiger partial charge in [-0.3, -0.25) is 0 Å². The number of carbonyl (C=O) groups is 1. The Balaban J connectivity index is 2.64. The first-order valence-electron chi connectivity index (χ1n) is 5.50. The summed E-state index contributed by atoms with van der Waals surface area (Å²) in [6.45, 7) is 5.18. The number of hydrogen-bond acceptors (Lipinski definition) is 5. The molecule has 0 spiro atoms. The fourth-order valence-corrected chi connectivity index (χ4v) is 2.57. The summed E-state index contributed by atoms with van der Waals surface area (Å²) in [4.78, 5) is 20.1. The van der Waals surface area contributed by atoms with Crippen molar-refractivity contribution in [2.45, 2.75) is 26.4 Å². The third-order valence-corrected chi connectivity index (χ3v) is 3.77. The molecule has 1 N–H and O–H groups in total. The lowest BCUT2D eigenvalue weighted by Crippen LogP contribution is -2.26. The molecule has 0 aliphatic rings. The number of nitrogens with zero attached hydrogens (tertiary/aromatic N) is 2. The fourth-order valence-electron chi connectivity index (χ4n) is 1.59. The van der Waals surface area contributed by atoms with Crippen LogP contribution in [0.2, 0.25) is 0 Å². The summed E-state index contributed by atoms with van der Waals surface area (Å²) in [6, 6.07) is 0. The number of fused-ring (bicyclic) bond motifs is 1. The molecule has 0 radical (unpaired) electrons. The average Bonchev–Trinajstić information content (AvgIpc) is 2.68. The van der Waals surface area contributed by atoms with Gasteiger partial charge < -0.3 is 9.84 Å². The summed E-state index contributed by atoms with van der Waals surface area (Å²) >= 11 is 1.10. The van der Waals surface area contributed by atoms with E-state index in [0.29, 0.717) is 21.7 Å². The minimum atomic E-state index is -0.984. The van der Waals surface area contributed by atoms with Gasteiger partial charge in [0.25, 0.3) is 0 Å². The molecule has 0 atom stereocenters. The Kier molecular flexibility index (Phi) is 3.16. The predicted octanol–water partition coefficient (Wildman–Crippen LogP) is 2.49. The highest BCUT2D eigenvalue weighted by Crippen LogP contribution is 2.35. The van der Waals surface area contributed by atoms with E-state index >= 15 is 0 Å². The van der Waals surface area contributed by atoms with Crippen molar-refractivity contribution in [1.29, 1.82) is 0 Å². The monoisotopic (exact) mass is 276 g/mol. The van der Waals surface area contributed by atoms with Crippen molar-refractivity contribution in [3.8, 4) is 18.2 Å². The number of carboxylic acids is 1. The van der Waals surface area contributed by atoms with E-state index in [1.807, 2.05) is 0 Å². The number of terminal acetylenes is 1. The maximum Gasteiger partial charge on any atom is 0.346 e. The lowest BCUT2D eigenvalue weighted by atomic mass is 10.1. The molecule has 0 saturated heterocycles. The van der Waals surface area contributed by atoms with E-state index in [1.165, 1.54) is 6.33 Å². The second-order valence-electron chi connectivity index (χ2n) is 4.48. The highest BCUT2D eigenvalue weighted by Gasteiger charge is 2.23.